The minimum atomic E-state index is -0.502. The van der Waals surface area contributed by atoms with Crippen LogP contribution in [0.25, 0.3) is 5.69 Å². The number of carbonyl (C=O) groups is 1. The second-order valence-electron chi connectivity index (χ2n) is 5.79. The van der Waals surface area contributed by atoms with Gasteiger partial charge in [0.05, 0.1) is 16.8 Å². The van der Waals surface area contributed by atoms with Crippen molar-refractivity contribution in [2.45, 2.75) is 13.8 Å². The summed E-state index contributed by atoms with van der Waals surface area (Å²) in [6.45, 7) is 3.80. The van der Waals surface area contributed by atoms with E-state index in [2.05, 4.69) is 10.5 Å². The van der Waals surface area contributed by atoms with Gasteiger partial charge in [-0.3, -0.25) is 4.79 Å². The summed E-state index contributed by atoms with van der Waals surface area (Å²) in [5.74, 6) is -0.873. The van der Waals surface area contributed by atoms with Crippen molar-refractivity contribution in [2.24, 2.45) is 5.10 Å². The Kier molecular flexibility index (Phi) is 5.19. The molecule has 1 heterocycles. The Hall–Kier alpha value is -2.92. The molecule has 3 rings (SSSR count). The minimum Gasteiger partial charge on any atom is -0.318 e. The quantitative estimate of drug-likeness (QED) is 0.528. The molecule has 0 saturated carbocycles. The Morgan fingerprint density at radius 3 is 2.58 bits per heavy atom. The Morgan fingerprint density at radius 1 is 1.15 bits per heavy atom. The molecule has 1 aromatic heterocycles. The maximum absolute atomic E-state index is 13.7. The van der Waals surface area contributed by atoms with Crippen LogP contribution in [-0.4, -0.2) is 16.7 Å². The first-order valence-corrected chi connectivity index (χ1v) is 8.38. The summed E-state index contributed by atoms with van der Waals surface area (Å²) in [7, 11) is 0. The first-order chi connectivity index (χ1) is 12.5. The second kappa shape index (κ2) is 7.54. The lowest BCUT2D eigenvalue weighted by Gasteiger charge is -2.09. The van der Waals surface area contributed by atoms with Gasteiger partial charge in [0, 0.05) is 22.6 Å². The molecule has 26 heavy (non-hydrogen) atoms. The third-order valence-corrected chi connectivity index (χ3v) is 4.38. The van der Waals surface area contributed by atoms with Crippen LogP contribution >= 0.6 is 11.6 Å². The number of hydrazone groups is 1. The highest BCUT2D eigenvalue weighted by molar-refractivity contribution is 6.33. The third-order valence-electron chi connectivity index (χ3n) is 4.05. The molecule has 0 fully saturated rings. The zero-order valence-corrected chi connectivity index (χ0v) is 15.1. The largest absolute Gasteiger partial charge is 0.318 e. The number of carbonyl (C=O) groups excluding carboxylic acids is 1. The fourth-order valence-corrected chi connectivity index (χ4v) is 3.03. The average Bonchev–Trinajstić information content (AvgIpc) is 2.92. The molecular formula is C20H17ClFN3O. The number of hydrogen-bond donors (Lipinski definition) is 1. The number of aryl methyl sites for hydroxylation is 1. The van der Waals surface area contributed by atoms with Crippen LogP contribution in [0.1, 0.15) is 27.3 Å². The number of hydrogen-bond acceptors (Lipinski definition) is 2. The van der Waals surface area contributed by atoms with E-state index in [-0.39, 0.29) is 16.5 Å². The van der Waals surface area contributed by atoms with Crippen LogP contribution in [0.2, 0.25) is 5.02 Å². The number of nitrogens with one attached hydrogen (secondary N) is 1. The third kappa shape index (κ3) is 3.53. The fourth-order valence-electron chi connectivity index (χ4n) is 2.82. The normalized spacial score (nSPS) is 11.1. The van der Waals surface area contributed by atoms with Gasteiger partial charge in [0.2, 0.25) is 0 Å². The lowest BCUT2D eigenvalue weighted by molar-refractivity contribution is 0.0954. The van der Waals surface area contributed by atoms with Crippen LogP contribution in [0.4, 0.5) is 4.39 Å². The number of nitrogens with zero attached hydrogens (tertiary/aromatic N) is 2. The molecule has 0 radical (unpaired) electrons. The number of rotatable bonds is 4. The predicted octanol–water partition coefficient (Wildman–Crippen LogP) is 4.65. The molecule has 1 N–H and O–H groups in total. The number of halogens is 2. The minimum absolute atomic E-state index is 0.129. The van der Waals surface area contributed by atoms with E-state index in [4.69, 9.17) is 11.6 Å². The summed E-state index contributed by atoms with van der Waals surface area (Å²) in [4.78, 5) is 12.5. The van der Waals surface area contributed by atoms with Gasteiger partial charge in [0.1, 0.15) is 5.82 Å². The lowest BCUT2D eigenvalue weighted by Crippen LogP contribution is -2.18. The summed E-state index contributed by atoms with van der Waals surface area (Å²) in [6, 6.07) is 15.9. The Labute approximate surface area is 155 Å². The topological polar surface area (TPSA) is 46.4 Å². The van der Waals surface area contributed by atoms with Crippen molar-refractivity contribution >= 4 is 23.7 Å². The van der Waals surface area contributed by atoms with Crippen LogP contribution in [-0.2, 0) is 0 Å². The van der Waals surface area contributed by atoms with Crippen molar-refractivity contribution in [3.63, 3.8) is 0 Å². The molecule has 0 bridgehead atoms. The number of para-hydroxylation sites is 1. The molecule has 2 aromatic carbocycles. The Morgan fingerprint density at radius 2 is 1.88 bits per heavy atom. The predicted molar refractivity (Wildman–Crippen MR) is 102 cm³/mol. The Bertz CT molecular complexity index is 960. The van der Waals surface area contributed by atoms with Gasteiger partial charge in [0.15, 0.2) is 0 Å². The number of aromatic nitrogens is 1. The molecule has 0 aliphatic carbocycles. The smallest absolute Gasteiger partial charge is 0.273 e. The van der Waals surface area contributed by atoms with E-state index in [1.807, 2.05) is 48.7 Å². The van der Waals surface area contributed by atoms with E-state index >= 15 is 0 Å². The van der Waals surface area contributed by atoms with Crippen molar-refractivity contribution in [1.29, 1.82) is 0 Å². The van der Waals surface area contributed by atoms with Gasteiger partial charge < -0.3 is 4.57 Å². The zero-order valence-electron chi connectivity index (χ0n) is 14.3. The van der Waals surface area contributed by atoms with Gasteiger partial charge in [-0.15, -0.1) is 0 Å². The van der Waals surface area contributed by atoms with E-state index in [9.17, 15) is 9.18 Å². The SMILES string of the molecule is Cc1cc(C(=O)N/N=C\c2c(F)cccc2Cl)c(C)n1-c1ccccc1. The molecule has 1 amide bonds. The molecule has 0 aliphatic heterocycles. The summed E-state index contributed by atoms with van der Waals surface area (Å²) in [5, 5.41) is 4.06. The van der Waals surface area contributed by atoms with E-state index in [1.165, 1.54) is 18.3 Å². The highest BCUT2D eigenvalue weighted by Crippen LogP contribution is 2.21. The van der Waals surface area contributed by atoms with E-state index in [0.29, 0.717) is 5.56 Å². The molecule has 132 valence electrons. The van der Waals surface area contributed by atoms with E-state index < -0.39 is 5.82 Å². The van der Waals surface area contributed by atoms with Gasteiger partial charge in [-0.1, -0.05) is 35.9 Å². The van der Waals surface area contributed by atoms with E-state index in [1.54, 1.807) is 12.1 Å². The highest BCUT2D eigenvalue weighted by Gasteiger charge is 2.16. The summed E-state index contributed by atoms with van der Waals surface area (Å²) in [5.41, 5.74) is 5.76. The average molecular weight is 370 g/mol. The zero-order chi connectivity index (χ0) is 18.7. The fraction of sp³-hybridized carbons (Fsp3) is 0.100. The van der Waals surface area contributed by atoms with Crippen LogP contribution in [0, 0.1) is 19.7 Å². The number of amides is 1. The molecular weight excluding hydrogens is 353 g/mol. The number of benzene rings is 2. The van der Waals surface area contributed by atoms with Crippen LogP contribution in [0.5, 0.6) is 0 Å². The van der Waals surface area contributed by atoms with Crippen LogP contribution < -0.4 is 5.43 Å². The molecule has 0 saturated heterocycles. The van der Waals surface area contributed by atoms with Crippen molar-refractivity contribution in [2.75, 3.05) is 0 Å². The highest BCUT2D eigenvalue weighted by atomic mass is 35.5. The van der Waals surface area contributed by atoms with Gasteiger partial charge in [-0.2, -0.15) is 5.10 Å². The van der Waals surface area contributed by atoms with Crippen molar-refractivity contribution < 1.29 is 9.18 Å². The molecule has 0 unspecified atom stereocenters. The molecule has 4 nitrogen and oxygen atoms in total. The van der Waals surface area contributed by atoms with Crippen molar-refractivity contribution in [3.05, 3.63) is 88.0 Å². The molecule has 0 spiro atoms. The monoisotopic (exact) mass is 369 g/mol. The summed E-state index contributed by atoms with van der Waals surface area (Å²) < 4.78 is 15.7. The van der Waals surface area contributed by atoms with Gasteiger partial charge in [-0.25, -0.2) is 9.82 Å². The van der Waals surface area contributed by atoms with Gasteiger partial charge in [-0.05, 0) is 44.2 Å². The first kappa shape index (κ1) is 17.9. The lowest BCUT2D eigenvalue weighted by atomic mass is 10.2. The molecule has 0 atom stereocenters. The van der Waals surface area contributed by atoms with Crippen molar-refractivity contribution in [3.8, 4) is 5.69 Å². The Balaban J connectivity index is 1.82. The van der Waals surface area contributed by atoms with Crippen molar-refractivity contribution in [1.82, 2.24) is 9.99 Å². The first-order valence-electron chi connectivity index (χ1n) is 8.01. The van der Waals surface area contributed by atoms with Crippen LogP contribution in [0.15, 0.2) is 59.7 Å². The second-order valence-corrected chi connectivity index (χ2v) is 6.20. The van der Waals surface area contributed by atoms with Gasteiger partial charge in [0.25, 0.3) is 5.91 Å². The molecule has 3 aromatic rings. The summed E-state index contributed by atoms with van der Waals surface area (Å²) in [6.07, 6.45) is 1.20. The van der Waals surface area contributed by atoms with Crippen LogP contribution in [0.3, 0.4) is 0 Å². The van der Waals surface area contributed by atoms with E-state index in [0.717, 1.165) is 17.1 Å². The van der Waals surface area contributed by atoms with Gasteiger partial charge >= 0.3 is 0 Å². The molecule has 0 aliphatic rings. The maximum Gasteiger partial charge on any atom is 0.273 e. The molecule has 6 heteroatoms. The summed E-state index contributed by atoms with van der Waals surface area (Å²) >= 11 is 5.93. The maximum atomic E-state index is 13.7. The standard InChI is InChI=1S/C20H17ClFN3O/c1-13-11-16(14(2)25(13)15-7-4-3-5-8-15)20(26)24-23-12-17-18(21)9-6-10-19(17)22/h3-12H,1-2H3,(H,24,26)/b23-12-.